The maximum atomic E-state index is 11.8. The summed E-state index contributed by atoms with van der Waals surface area (Å²) in [5.74, 6) is 0.803. The summed E-state index contributed by atoms with van der Waals surface area (Å²) >= 11 is 0. The van der Waals surface area contributed by atoms with Gasteiger partial charge >= 0.3 is 6.03 Å². The van der Waals surface area contributed by atoms with E-state index < -0.39 is 0 Å². The van der Waals surface area contributed by atoms with E-state index in [0.29, 0.717) is 5.82 Å². The highest BCUT2D eigenvalue weighted by Gasteiger charge is 2.13. The second kappa shape index (κ2) is 7.02. The number of pyridine rings is 2. The third-order valence-corrected chi connectivity index (χ3v) is 3.12. The van der Waals surface area contributed by atoms with Crippen LogP contribution in [0.25, 0.3) is 11.1 Å². The number of nitrogens with one attached hydrogen (secondary N) is 2. The second-order valence-electron chi connectivity index (χ2n) is 5.77. The van der Waals surface area contributed by atoms with Gasteiger partial charge in [-0.25, -0.2) is 9.78 Å². The largest absolute Gasteiger partial charge is 0.336 e. The highest BCUT2D eigenvalue weighted by Crippen LogP contribution is 2.28. The lowest BCUT2D eigenvalue weighted by Gasteiger charge is -2.15. The van der Waals surface area contributed by atoms with Crippen molar-refractivity contribution < 1.29 is 4.79 Å². The van der Waals surface area contributed by atoms with Crippen molar-refractivity contribution >= 4 is 11.8 Å². The van der Waals surface area contributed by atoms with Gasteiger partial charge in [0.25, 0.3) is 0 Å². The number of hydrogen-bond donors (Lipinski definition) is 2. The van der Waals surface area contributed by atoms with E-state index in [-0.39, 0.29) is 18.0 Å². The molecule has 0 unspecified atom stereocenters. The minimum atomic E-state index is -0.242. The first-order valence-electron chi connectivity index (χ1n) is 7.46. The van der Waals surface area contributed by atoms with Crippen LogP contribution in [0.1, 0.15) is 39.3 Å². The van der Waals surface area contributed by atoms with Gasteiger partial charge in [-0.1, -0.05) is 13.8 Å². The zero-order chi connectivity index (χ0) is 16.1. The van der Waals surface area contributed by atoms with Crippen LogP contribution in [0.15, 0.2) is 36.7 Å². The summed E-state index contributed by atoms with van der Waals surface area (Å²) in [6.07, 6.45) is 3.53. The molecule has 0 aliphatic carbocycles. The fourth-order valence-electron chi connectivity index (χ4n) is 2.17. The van der Waals surface area contributed by atoms with E-state index >= 15 is 0 Å². The van der Waals surface area contributed by atoms with Crippen LogP contribution in [-0.2, 0) is 0 Å². The van der Waals surface area contributed by atoms with E-state index in [1.165, 1.54) is 0 Å². The zero-order valence-corrected chi connectivity index (χ0v) is 13.4. The number of carbonyl (C=O) groups excluding carboxylic acids is 1. The predicted molar refractivity (Wildman–Crippen MR) is 88.8 cm³/mol. The van der Waals surface area contributed by atoms with Gasteiger partial charge in [-0.05, 0) is 49.6 Å². The smallest absolute Gasteiger partial charge is 0.320 e. The standard InChI is InChI=1S/C17H22N4O/c1-11(2)16-14(13-7-9-18-10-8-13)5-6-15(20-16)21-17(22)19-12(3)4/h5-12H,1-4H3,(H2,19,20,21,22). The number of urea groups is 1. The average molecular weight is 298 g/mol. The molecule has 5 nitrogen and oxygen atoms in total. The molecule has 0 spiro atoms. The van der Waals surface area contributed by atoms with Gasteiger partial charge in [-0.15, -0.1) is 0 Å². The van der Waals surface area contributed by atoms with Gasteiger partial charge in [-0.3, -0.25) is 10.3 Å². The molecule has 2 N–H and O–H groups in total. The maximum absolute atomic E-state index is 11.8. The molecule has 0 aromatic carbocycles. The van der Waals surface area contributed by atoms with E-state index in [0.717, 1.165) is 16.8 Å². The summed E-state index contributed by atoms with van der Waals surface area (Å²) in [5, 5.41) is 5.56. The molecule has 2 aromatic heterocycles. The Morgan fingerprint density at radius 3 is 2.32 bits per heavy atom. The third-order valence-electron chi connectivity index (χ3n) is 3.12. The molecule has 0 aliphatic rings. The van der Waals surface area contributed by atoms with E-state index in [1.807, 2.05) is 38.1 Å². The Morgan fingerprint density at radius 1 is 1.05 bits per heavy atom. The summed E-state index contributed by atoms with van der Waals surface area (Å²) in [7, 11) is 0. The van der Waals surface area contributed by atoms with E-state index in [9.17, 15) is 4.79 Å². The van der Waals surface area contributed by atoms with Crippen LogP contribution >= 0.6 is 0 Å². The van der Waals surface area contributed by atoms with Crippen LogP contribution in [0.4, 0.5) is 10.6 Å². The Morgan fingerprint density at radius 2 is 1.73 bits per heavy atom. The Bertz CT molecular complexity index is 638. The van der Waals surface area contributed by atoms with Crippen molar-refractivity contribution in [2.75, 3.05) is 5.32 Å². The van der Waals surface area contributed by atoms with Crippen molar-refractivity contribution in [2.45, 2.75) is 39.7 Å². The minimum Gasteiger partial charge on any atom is -0.336 e. The van der Waals surface area contributed by atoms with Gasteiger partial charge < -0.3 is 5.32 Å². The topological polar surface area (TPSA) is 66.9 Å². The van der Waals surface area contributed by atoms with Crippen molar-refractivity contribution in [1.82, 2.24) is 15.3 Å². The van der Waals surface area contributed by atoms with Gasteiger partial charge in [0.05, 0.1) is 5.69 Å². The van der Waals surface area contributed by atoms with Gasteiger partial charge in [0, 0.05) is 24.0 Å². The van der Waals surface area contributed by atoms with E-state index in [2.05, 4.69) is 34.4 Å². The molecule has 2 heterocycles. The van der Waals surface area contributed by atoms with Crippen LogP contribution in [0.3, 0.4) is 0 Å². The molecule has 0 radical (unpaired) electrons. The molecule has 0 aliphatic heterocycles. The third kappa shape index (κ3) is 4.04. The summed E-state index contributed by atoms with van der Waals surface area (Å²) in [4.78, 5) is 20.4. The fraction of sp³-hybridized carbons (Fsp3) is 0.353. The lowest BCUT2D eigenvalue weighted by Crippen LogP contribution is -2.34. The first kappa shape index (κ1) is 15.9. The summed E-state index contributed by atoms with van der Waals surface area (Å²) in [6.45, 7) is 8.01. The van der Waals surface area contributed by atoms with Gasteiger partial charge in [-0.2, -0.15) is 0 Å². The average Bonchev–Trinajstić information content (AvgIpc) is 2.47. The Kier molecular flexibility index (Phi) is 5.09. The van der Waals surface area contributed by atoms with Gasteiger partial charge in [0.15, 0.2) is 0 Å². The highest BCUT2D eigenvalue weighted by molar-refractivity contribution is 5.88. The molecular formula is C17H22N4O. The molecule has 0 saturated heterocycles. The second-order valence-corrected chi connectivity index (χ2v) is 5.77. The SMILES string of the molecule is CC(C)NC(=O)Nc1ccc(-c2ccncc2)c(C(C)C)n1. The van der Waals surface area contributed by atoms with Crippen LogP contribution in [0.2, 0.25) is 0 Å². The Labute approximate surface area is 131 Å². The first-order chi connectivity index (χ1) is 10.5. The normalized spacial score (nSPS) is 10.8. The Balaban J connectivity index is 2.30. The number of carbonyl (C=O) groups is 1. The molecule has 2 amide bonds. The van der Waals surface area contributed by atoms with Crippen LogP contribution in [-0.4, -0.2) is 22.0 Å². The summed E-state index contributed by atoms with van der Waals surface area (Å²) in [5.41, 5.74) is 3.09. The minimum absolute atomic E-state index is 0.0839. The van der Waals surface area contributed by atoms with Crippen molar-refractivity contribution in [3.8, 4) is 11.1 Å². The van der Waals surface area contributed by atoms with E-state index in [4.69, 9.17) is 0 Å². The van der Waals surface area contributed by atoms with Crippen LogP contribution in [0, 0.1) is 0 Å². The van der Waals surface area contributed by atoms with Crippen molar-refractivity contribution in [3.05, 3.63) is 42.4 Å². The lowest BCUT2D eigenvalue weighted by atomic mass is 9.98. The monoisotopic (exact) mass is 298 g/mol. The number of rotatable bonds is 4. The number of aromatic nitrogens is 2. The number of hydrogen-bond acceptors (Lipinski definition) is 3. The molecule has 2 rings (SSSR count). The number of anilines is 1. The number of amides is 2. The van der Waals surface area contributed by atoms with Crippen LogP contribution in [0.5, 0.6) is 0 Å². The molecule has 2 aromatic rings. The Hall–Kier alpha value is -2.43. The molecule has 0 saturated carbocycles. The van der Waals surface area contributed by atoms with Gasteiger partial charge in [0.1, 0.15) is 5.82 Å². The number of nitrogens with zero attached hydrogens (tertiary/aromatic N) is 2. The summed E-state index contributed by atoms with van der Waals surface area (Å²) < 4.78 is 0. The molecule has 0 atom stereocenters. The van der Waals surface area contributed by atoms with Crippen molar-refractivity contribution in [2.24, 2.45) is 0 Å². The highest BCUT2D eigenvalue weighted by atomic mass is 16.2. The molecular weight excluding hydrogens is 276 g/mol. The first-order valence-corrected chi connectivity index (χ1v) is 7.46. The molecule has 5 heteroatoms. The maximum Gasteiger partial charge on any atom is 0.320 e. The zero-order valence-electron chi connectivity index (χ0n) is 13.4. The lowest BCUT2D eigenvalue weighted by molar-refractivity contribution is 0.250. The summed E-state index contributed by atoms with van der Waals surface area (Å²) in [6, 6.07) is 7.57. The molecule has 116 valence electrons. The van der Waals surface area contributed by atoms with Crippen molar-refractivity contribution in [3.63, 3.8) is 0 Å². The quantitative estimate of drug-likeness (QED) is 0.902. The van der Waals surface area contributed by atoms with E-state index in [1.54, 1.807) is 12.4 Å². The molecule has 0 bridgehead atoms. The molecule has 22 heavy (non-hydrogen) atoms. The van der Waals surface area contributed by atoms with Gasteiger partial charge in [0.2, 0.25) is 0 Å². The van der Waals surface area contributed by atoms with Crippen LogP contribution < -0.4 is 10.6 Å². The molecule has 0 fully saturated rings. The van der Waals surface area contributed by atoms with Crippen molar-refractivity contribution in [1.29, 1.82) is 0 Å². The predicted octanol–water partition coefficient (Wildman–Crippen LogP) is 3.80. The fourth-order valence-corrected chi connectivity index (χ4v) is 2.17.